The third-order valence-corrected chi connectivity index (χ3v) is 5.42. The second-order valence-corrected chi connectivity index (χ2v) is 7.33. The molecule has 0 aliphatic carbocycles. The molecule has 4 rings (SSSR count). The summed E-state index contributed by atoms with van der Waals surface area (Å²) in [5.74, 6) is 0.421. The number of carbonyl (C=O) groups excluding carboxylic acids is 2. The van der Waals surface area contributed by atoms with Gasteiger partial charge in [-0.2, -0.15) is 0 Å². The fourth-order valence-electron chi connectivity index (χ4n) is 3.02. The monoisotopic (exact) mass is 395 g/mol. The molecule has 3 aromatic rings. The molecule has 134 valence electrons. The van der Waals surface area contributed by atoms with E-state index in [1.54, 1.807) is 37.5 Å². The molecule has 1 aliphatic rings. The van der Waals surface area contributed by atoms with Gasteiger partial charge in [-0.05, 0) is 59.1 Å². The maximum absolute atomic E-state index is 12.8. The van der Waals surface area contributed by atoms with Crippen LogP contribution in [0.4, 0.5) is 10.5 Å². The molecule has 1 saturated heterocycles. The van der Waals surface area contributed by atoms with Crippen molar-refractivity contribution >= 4 is 57.0 Å². The Bertz CT molecular complexity index is 1090. The van der Waals surface area contributed by atoms with E-state index in [-0.39, 0.29) is 11.1 Å². The first-order valence-electron chi connectivity index (χ1n) is 8.18. The molecule has 0 bridgehead atoms. The maximum atomic E-state index is 12.8. The van der Waals surface area contributed by atoms with Crippen LogP contribution in [0.5, 0.6) is 5.75 Å². The van der Waals surface area contributed by atoms with Gasteiger partial charge < -0.3 is 4.74 Å². The number of fused-ring (bicyclic) bond motifs is 1. The average Bonchev–Trinajstić information content (AvgIpc) is 2.96. The molecule has 4 nitrogen and oxygen atoms in total. The molecule has 3 aromatic carbocycles. The third-order valence-electron chi connectivity index (χ3n) is 4.30. The van der Waals surface area contributed by atoms with E-state index >= 15 is 0 Å². The minimum absolute atomic E-state index is 0.327. The van der Waals surface area contributed by atoms with Gasteiger partial charge in [0.25, 0.3) is 11.1 Å². The van der Waals surface area contributed by atoms with E-state index in [1.165, 1.54) is 4.90 Å². The van der Waals surface area contributed by atoms with Crippen LogP contribution >= 0.6 is 23.4 Å². The lowest BCUT2D eigenvalue weighted by Crippen LogP contribution is -2.27. The highest BCUT2D eigenvalue weighted by molar-refractivity contribution is 8.19. The van der Waals surface area contributed by atoms with Gasteiger partial charge in [-0.25, -0.2) is 4.90 Å². The fraction of sp³-hybridized carbons (Fsp3) is 0.0476. The van der Waals surface area contributed by atoms with Gasteiger partial charge in [0.1, 0.15) is 5.75 Å². The van der Waals surface area contributed by atoms with Crippen molar-refractivity contribution in [2.24, 2.45) is 0 Å². The van der Waals surface area contributed by atoms with Crippen LogP contribution in [0.2, 0.25) is 5.02 Å². The van der Waals surface area contributed by atoms with Crippen molar-refractivity contribution in [1.29, 1.82) is 0 Å². The lowest BCUT2D eigenvalue weighted by atomic mass is 10.0. The van der Waals surface area contributed by atoms with E-state index in [1.807, 2.05) is 36.4 Å². The number of methoxy groups -OCH3 is 1. The SMILES string of the molecule is COc1ccc(/C=C2/SC(=O)N(c3ccc(Cl)cc3)C2=O)c2ccccc12. The number of ether oxygens (including phenoxy) is 1. The zero-order valence-corrected chi connectivity index (χ0v) is 15.9. The Morgan fingerprint density at radius 1 is 0.963 bits per heavy atom. The van der Waals surface area contributed by atoms with Crippen LogP contribution in [0.15, 0.2) is 65.6 Å². The van der Waals surface area contributed by atoms with E-state index in [9.17, 15) is 9.59 Å². The number of carbonyl (C=O) groups is 2. The Morgan fingerprint density at radius 2 is 1.67 bits per heavy atom. The van der Waals surface area contributed by atoms with Crippen LogP contribution in [0.3, 0.4) is 0 Å². The van der Waals surface area contributed by atoms with E-state index in [2.05, 4.69) is 0 Å². The first-order chi connectivity index (χ1) is 13.1. The Balaban J connectivity index is 1.75. The third kappa shape index (κ3) is 3.20. The summed E-state index contributed by atoms with van der Waals surface area (Å²) in [6, 6.07) is 18.2. The van der Waals surface area contributed by atoms with Crippen molar-refractivity contribution in [3.05, 3.63) is 76.2 Å². The summed E-state index contributed by atoms with van der Waals surface area (Å²) < 4.78 is 5.41. The number of anilines is 1. The molecule has 1 heterocycles. The van der Waals surface area contributed by atoms with Crippen molar-refractivity contribution in [3.63, 3.8) is 0 Å². The Kier molecular flexibility index (Phi) is 4.64. The largest absolute Gasteiger partial charge is 0.496 e. The first kappa shape index (κ1) is 17.6. The van der Waals surface area contributed by atoms with Crippen LogP contribution in [-0.2, 0) is 4.79 Å². The van der Waals surface area contributed by atoms with Crippen molar-refractivity contribution in [2.75, 3.05) is 12.0 Å². The summed E-state index contributed by atoms with van der Waals surface area (Å²) in [4.78, 5) is 26.8. The summed E-state index contributed by atoms with van der Waals surface area (Å²) in [5, 5.41) is 2.12. The van der Waals surface area contributed by atoms with E-state index < -0.39 is 0 Å². The predicted molar refractivity (Wildman–Crippen MR) is 110 cm³/mol. The number of halogens is 1. The van der Waals surface area contributed by atoms with Crippen molar-refractivity contribution in [2.45, 2.75) is 0 Å². The standard InChI is InChI=1S/C21H14ClNO3S/c1-26-18-11-6-13(16-4-2-3-5-17(16)18)12-19-20(24)23(21(25)27-19)15-9-7-14(22)8-10-15/h2-12H,1H3/b19-12+. The molecule has 0 spiro atoms. The molecule has 0 N–H and O–H groups in total. The van der Waals surface area contributed by atoms with Gasteiger partial charge in [0.2, 0.25) is 0 Å². The van der Waals surface area contributed by atoms with E-state index in [4.69, 9.17) is 16.3 Å². The van der Waals surface area contributed by atoms with Gasteiger partial charge in [-0.15, -0.1) is 0 Å². The van der Waals surface area contributed by atoms with Crippen molar-refractivity contribution < 1.29 is 14.3 Å². The van der Waals surface area contributed by atoms with Crippen LogP contribution in [0.1, 0.15) is 5.56 Å². The number of benzene rings is 3. The normalized spacial score (nSPS) is 15.8. The van der Waals surface area contributed by atoms with Gasteiger partial charge in [0.05, 0.1) is 17.7 Å². The van der Waals surface area contributed by atoms with Gasteiger partial charge in [-0.1, -0.05) is 41.9 Å². The minimum atomic E-state index is -0.341. The van der Waals surface area contributed by atoms with Gasteiger partial charge >= 0.3 is 0 Å². The second kappa shape index (κ2) is 7.10. The van der Waals surface area contributed by atoms with E-state index in [0.29, 0.717) is 15.6 Å². The lowest BCUT2D eigenvalue weighted by molar-refractivity contribution is -0.113. The van der Waals surface area contributed by atoms with Crippen LogP contribution in [0, 0.1) is 0 Å². The number of amides is 2. The minimum Gasteiger partial charge on any atom is -0.496 e. The highest BCUT2D eigenvalue weighted by atomic mass is 35.5. The molecule has 0 radical (unpaired) electrons. The molecule has 0 atom stereocenters. The summed E-state index contributed by atoms with van der Waals surface area (Å²) in [5.41, 5.74) is 1.36. The number of hydrogen-bond acceptors (Lipinski definition) is 4. The van der Waals surface area contributed by atoms with Gasteiger partial charge in [-0.3, -0.25) is 9.59 Å². The van der Waals surface area contributed by atoms with Gasteiger partial charge in [0, 0.05) is 10.4 Å². The molecule has 0 unspecified atom stereocenters. The number of hydrogen-bond donors (Lipinski definition) is 0. The summed E-state index contributed by atoms with van der Waals surface area (Å²) >= 11 is 6.82. The topological polar surface area (TPSA) is 46.6 Å². The molecule has 2 amide bonds. The van der Waals surface area contributed by atoms with Crippen molar-refractivity contribution in [3.8, 4) is 5.75 Å². The highest BCUT2D eigenvalue weighted by Gasteiger charge is 2.36. The number of imide groups is 1. The van der Waals surface area contributed by atoms with Gasteiger partial charge in [0.15, 0.2) is 0 Å². The van der Waals surface area contributed by atoms with Crippen molar-refractivity contribution in [1.82, 2.24) is 0 Å². The Hall–Kier alpha value is -2.76. The zero-order chi connectivity index (χ0) is 19.0. The fourth-order valence-corrected chi connectivity index (χ4v) is 3.98. The first-order valence-corrected chi connectivity index (χ1v) is 9.37. The molecule has 27 heavy (non-hydrogen) atoms. The maximum Gasteiger partial charge on any atom is 0.298 e. The smallest absolute Gasteiger partial charge is 0.298 e. The molecule has 0 saturated carbocycles. The second-order valence-electron chi connectivity index (χ2n) is 5.90. The molecule has 1 fully saturated rings. The van der Waals surface area contributed by atoms with Crippen LogP contribution in [-0.4, -0.2) is 18.3 Å². The van der Waals surface area contributed by atoms with E-state index in [0.717, 1.165) is 33.8 Å². The quantitative estimate of drug-likeness (QED) is 0.530. The number of rotatable bonds is 3. The summed E-state index contributed by atoms with van der Waals surface area (Å²) in [7, 11) is 1.62. The molecule has 1 aliphatic heterocycles. The lowest BCUT2D eigenvalue weighted by Gasteiger charge is -2.12. The molecular formula is C21H14ClNO3S. The summed E-state index contributed by atoms with van der Waals surface area (Å²) in [6.07, 6.45) is 1.75. The molecule has 0 aromatic heterocycles. The predicted octanol–water partition coefficient (Wildman–Crippen LogP) is 5.74. The van der Waals surface area contributed by atoms with Crippen LogP contribution < -0.4 is 9.64 Å². The molecular weight excluding hydrogens is 382 g/mol. The number of thioether (sulfide) groups is 1. The average molecular weight is 396 g/mol. The number of nitrogens with zero attached hydrogens (tertiary/aromatic N) is 1. The highest BCUT2D eigenvalue weighted by Crippen LogP contribution is 2.37. The zero-order valence-electron chi connectivity index (χ0n) is 14.3. The Labute approximate surface area is 165 Å². The molecule has 6 heteroatoms. The Morgan fingerprint density at radius 3 is 2.37 bits per heavy atom. The summed E-state index contributed by atoms with van der Waals surface area (Å²) in [6.45, 7) is 0. The van der Waals surface area contributed by atoms with Crippen LogP contribution in [0.25, 0.3) is 16.8 Å².